The Kier molecular flexibility index (Phi) is 2.47. The van der Waals surface area contributed by atoms with E-state index in [1.54, 1.807) is 6.07 Å². The number of nitrogens with zero attached hydrogens (tertiary/aromatic N) is 3. The third-order valence-corrected chi connectivity index (χ3v) is 1.98. The van der Waals surface area contributed by atoms with Crippen molar-refractivity contribution in [3.8, 4) is 5.69 Å². The number of hydrogen-bond acceptors (Lipinski definition) is 4. The Morgan fingerprint density at radius 1 is 1.38 bits per heavy atom. The Morgan fingerprint density at radius 2 is 2.19 bits per heavy atom. The Morgan fingerprint density at radius 3 is 2.81 bits per heavy atom. The minimum atomic E-state index is -1.05. The second-order valence-corrected chi connectivity index (χ2v) is 3.07. The number of hydrogen-bond donors (Lipinski definition) is 1. The van der Waals surface area contributed by atoms with Crippen LogP contribution in [0.4, 0.5) is 0 Å². The average Bonchev–Trinajstić information content (AvgIpc) is 2.78. The van der Waals surface area contributed by atoms with Crippen molar-refractivity contribution in [2.75, 3.05) is 0 Å². The molecule has 1 N–H and O–H groups in total. The summed E-state index contributed by atoms with van der Waals surface area (Å²) in [6.45, 7) is 0. The zero-order chi connectivity index (χ0) is 11.5. The van der Waals surface area contributed by atoms with Crippen LogP contribution < -0.4 is 0 Å². The summed E-state index contributed by atoms with van der Waals surface area (Å²) in [6.07, 6.45) is 6.16. The largest absolute Gasteiger partial charge is 0.478 e. The van der Waals surface area contributed by atoms with Crippen molar-refractivity contribution in [2.45, 2.75) is 0 Å². The van der Waals surface area contributed by atoms with Gasteiger partial charge in [0.2, 0.25) is 0 Å². The fourth-order valence-electron chi connectivity index (χ4n) is 1.21. The van der Waals surface area contributed by atoms with Gasteiger partial charge in [-0.25, -0.2) is 9.48 Å². The zero-order valence-corrected chi connectivity index (χ0v) is 8.07. The van der Waals surface area contributed by atoms with Gasteiger partial charge in [-0.15, -0.1) is 0 Å². The molecular formula is C10H7N3O3. The third kappa shape index (κ3) is 1.81. The SMILES string of the molecule is O=Cc1cncc(-n2cc(C(=O)O)cn2)c1. The van der Waals surface area contributed by atoms with Gasteiger partial charge in [0, 0.05) is 18.0 Å². The lowest BCUT2D eigenvalue weighted by Crippen LogP contribution is -1.97. The molecule has 0 saturated carbocycles. The van der Waals surface area contributed by atoms with Gasteiger partial charge >= 0.3 is 5.97 Å². The molecule has 0 aromatic carbocycles. The van der Waals surface area contributed by atoms with Gasteiger partial charge < -0.3 is 5.11 Å². The number of carboxylic acid groups (broad SMARTS) is 1. The van der Waals surface area contributed by atoms with Gasteiger partial charge in [0.25, 0.3) is 0 Å². The summed E-state index contributed by atoms with van der Waals surface area (Å²) in [7, 11) is 0. The van der Waals surface area contributed by atoms with Crippen LogP contribution in [-0.2, 0) is 0 Å². The maximum Gasteiger partial charge on any atom is 0.338 e. The Balaban J connectivity index is 2.42. The second kappa shape index (κ2) is 3.93. The van der Waals surface area contributed by atoms with Gasteiger partial charge in [0.05, 0.1) is 23.6 Å². The Bertz CT molecular complexity index is 548. The summed E-state index contributed by atoms with van der Waals surface area (Å²) < 4.78 is 1.35. The minimum Gasteiger partial charge on any atom is -0.478 e. The van der Waals surface area contributed by atoms with Crippen molar-refractivity contribution >= 4 is 12.3 Å². The van der Waals surface area contributed by atoms with Crippen molar-refractivity contribution in [3.05, 3.63) is 42.0 Å². The van der Waals surface area contributed by atoms with Crippen LogP contribution in [0.5, 0.6) is 0 Å². The van der Waals surface area contributed by atoms with Crippen LogP contribution in [0.3, 0.4) is 0 Å². The number of aldehydes is 1. The standard InChI is InChI=1S/C10H7N3O3/c14-6-7-1-9(4-11-2-7)13-5-8(3-12-13)10(15)16/h1-6H,(H,15,16). The van der Waals surface area contributed by atoms with Crippen LogP contribution in [0.15, 0.2) is 30.9 Å². The average molecular weight is 217 g/mol. The van der Waals surface area contributed by atoms with Crippen molar-refractivity contribution in [2.24, 2.45) is 0 Å². The molecule has 0 aliphatic carbocycles. The number of aromatic carboxylic acids is 1. The lowest BCUT2D eigenvalue weighted by molar-refractivity contribution is 0.0696. The monoisotopic (exact) mass is 217 g/mol. The molecule has 0 unspecified atom stereocenters. The van der Waals surface area contributed by atoms with E-state index in [-0.39, 0.29) is 5.56 Å². The molecule has 0 bridgehead atoms. The number of carbonyl (C=O) groups is 2. The molecule has 16 heavy (non-hydrogen) atoms. The molecule has 6 nitrogen and oxygen atoms in total. The lowest BCUT2D eigenvalue weighted by atomic mass is 10.3. The number of pyridine rings is 1. The van der Waals surface area contributed by atoms with Crippen LogP contribution in [0, 0.1) is 0 Å². The van der Waals surface area contributed by atoms with Crippen molar-refractivity contribution < 1.29 is 14.7 Å². The summed E-state index contributed by atoms with van der Waals surface area (Å²) >= 11 is 0. The molecule has 0 aliphatic heterocycles. The van der Waals surface area contributed by atoms with E-state index < -0.39 is 5.97 Å². The van der Waals surface area contributed by atoms with Crippen LogP contribution in [0.1, 0.15) is 20.7 Å². The summed E-state index contributed by atoms with van der Waals surface area (Å²) in [5.74, 6) is -1.05. The van der Waals surface area contributed by atoms with E-state index in [0.29, 0.717) is 17.5 Å². The fraction of sp³-hybridized carbons (Fsp3) is 0. The molecule has 0 aliphatic rings. The van der Waals surface area contributed by atoms with E-state index in [0.717, 1.165) is 0 Å². The minimum absolute atomic E-state index is 0.0801. The molecule has 0 saturated heterocycles. The van der Waals surface area contributed by atoms with Crippen LogP contribution in [0.2, 0.25) is 0 Å². The summed E-state index contributed by atoms with van der Waals surface area (Å²) in [4.78, 5) is 25.0. The zero-order valence-electron chi connectivity index (χ0n) is 8.07. The molecule has 0 atom stereocenters. The number of carboxylic acids is 1. The van der Waals surface area contributed by atoms with Gasteiger partial charge in [0.1, 0.15) is 0 Å². The van der Waals surface area contributed by atoms with E-state index in [4.69, 9.17) is 5.11 Å². The third-order valence-electron chi connectivity index (χ3n) is 1.98. The lowest BCUT2D eigenvalue weighted by Gasteiger charge is -1.99. The number of carbonyl (C=O) groups excluding carboxylic acids is 1. The molecule has 0 spiro atoms. The summed E-state index contributed by atoms with van der Waals surface area (Å²) in [6, 6.07) is 1.57. The highest BCUT2D eigenvalue weighted by Gasteiger charge is 2.07. The Labute approximate surface area is 90.2 Å². The van der Waals surface area contributed by atoms with Crippen LogP contribution in [-0.4, -0.2) is 32.1 Å². The molecule has 6 heteroatoms. The highest BCUT2D eigenvalue weighted by Crippen LogP contribution is 2.08. The van der Waals surface area contributed by atoms with Gasteiger partial charge in [0.15, 0.2) is 6.29 Å². The van der Waals surface area contributed by atoms with Crippen molar-refractivity contribution in [3.63, 3.8) is 0 Å². The highest BCUT2D eigenvalue weighted by atomic mass is 16.4. The molecule has 80 valence electrons. The van der Waals surface area contributed by atoms with E-state index in [1.165, 1.54) is 29.5 Å². The van der Waals surface area contributed by atoms with E-state index in [1.807, 2.05) is 0 Å². The maximum atomic E-state index is 10.6. The molecule has 0 amide bonds. The van der Waals surface area contributed by atoms with Crippen molar-refractivity contribution in [1.29, 1.82) is 0 Å². The van der Waals surface area contributed by atoms with Gasteiger partial charge in [-0.1, -0.05) is 0 Å². The van der Waals surface area contributed by atoms with Gasteiger partial charge in [-0.2, -0.15) is 5.10 Å². The van der Waals surface area contributed by atoms with Gasteiger partial charge in [-0.3, -0.25) is 9.78 Å². The predicted molar refractivity (Wildman–Crippen MR) is 53.7 cm³/mol. The molecule has 2 aromatic rings. The van der Waals surface area contributed by atoms with Gasteiger partial charge in [-0.05, 0) is 6.07 Å². The molecule has 0 fully saturated rings. The van der Waals surface area contributed by atoms with Crippen LogP contribution >= 0.6 is 0 Å². The fourth-order valence-corrected chi connectivity index (χ4v) is 1.21. The first-order valence-corrected chi connectivity index (χ1v) is 4.39. The first kappa shape index (κ1) is 10.0. The summed E-state index contributed by atoms with van der Waals surface area (Å²) in [5, 5.41) is 12.6. The van der Waals surface area contributed by atoms with E-state index in [9.17, 15) is 9.59 Å². The normalized spacial score (nSPS) is 10.0. The molecule has 2 rings (SSSR count). The number of aromatic nitrogens is 3. The first-order valence-electron chi connectivity index (χ1n) is 4.39. The quantitative estimate of drug-likeness (QED) is 0.768. The molecule has 0 radical (unpaired) electrons. The van der Waals surface area contributed by atoms with Crippen molar-refractivity contribution in [1.82, 2.24) is 14.8 Å². The second-order valence-electron chi connectivity index (χ2n) is 3.07. The Hall–Kier alpha value is -2.50. The smallest absolute Gasteiger partial charge is 0.338 e. The molecular weight excluding hydrogens is 210 g/mol. The molecule has 2 heterocycles. The topological polar surface area (TPSA) is 85.1 Å². The molecule has 2 aromatic heterocycles. The first-order chi connectivity index (χ1) is 7.70. The van der Waals surface area contributed by atoms with E-state index in [2.05, 4.69) is 10.1 Å². The summed E-state index contributed by atoms with van der Waals surface area (Å²) in [5.41, 5.74) is 1.03. The number of rotatable bonds is 3. The van der Waals surface area contributed by atoms with E-state index >= 15 is 0 Å². The predicted octanol–water partition coefficient (Wildman–Crippen LogP) is 0.778. The highest BCUT2D eigenvalue weighted by molar-refractivity contribution is 5.87. The van der Waals surface area contributed by atoms with Crippen LogP contribution in [0.25, 0.3) is 5.69 Å². The maximum absolute atomic E-state index is 10.6.